The van der Waals surface area contributed by atoms with E-state index in [1.807, 2.05) is 12.1 Å². The molecule has 2 heterocycles. The fourth-order valence-corrected chi connectivity index (χ4v) is 3.40. The van der Waals surface area contributed by atoms with Crippen molar-refractivity contribution in [3.05, 3.63) is 35.4 Å². The van der Waals surface area contributed by atoms with Gasteiger partial charge in [-0.25, -0.2) is 0 Å². The van der Waals surface area contributed by atoms with E-state index >= 15 is 0 Å². The van der Waals surface area contributed by atoms with E-state index in [-0.39, 0.29) is 16.3 Å². The molecule has 22 heavy (non-hydrogen) atoms. The Labute approximate surface area is 136 Å². The summed E-state index contributed by atoms with van der Waals surface area (Å²) in [5, 5.41) is 4.62. The standard InChI is InChI=1S/C15H13ClN2O3S/c1-9(19)22-12-6-14(20)18(8-12)15-7-13(17-21-15)10-2-4-11(16)5-3-10/h2-5,7,12H,6,8H2,1H3. The average molecular weight is 337 g/mol. The number of carbonyl (C=O) groups excluding carboxylic acids is 2. The minimum atomic E-state index is -0.0578. The highest BCUT2D eigenvalue weighted by Gasteiger charge is 2.34. The van der Waals surface area contributed by atoms with Crippen LogP contribution in [0.2, 0.25) is 5.02 Å². The van der Waals surface area contributed by atoms with Crippen LogP contribution in [0.25, 0.3) is 11.3 Å². The Kier molecular flexibility index (Phi) is 4.22. The van der Waals surface area contributed by atoms with E-state index in [1.165, 1.54) is 23.6 Å². The number of hydrogen-bond acceptors (Lipinski definition) is 5. The number of carbonyl (C=O) groups is 2. The topological polar surface area (TPSA) is 63.4 Å². The second-order valence-corrected chi connectivity index (χ2v) is 6.91. The van der Waals surface area contributed by atoms with Gasteiger partial charge in [0.15, 0.2) is 5.12 Å². The van der Waals surface area contributed by atoms with Crippen LogP contribution in [-0.2, 0) is 9.59 Å². The number of nitrogens with zero attached hydrogens (tertiary/aromatic N) is 2. The Morgan fingerprint density at radius 2 is 2.14 bits per heavy atom. The van der Waals surface area contributed by atoms with Crippen LogP contribution in [0.15, 0.2) is 34.9 Å². The average Bonchev–Trinajstić information content (AvgIpc) is 3.06. The first-order valence-electron chi connectivity index (χ1n) is 6.73. The van der Waals surface area contributed by atoms with Crippen molar-refractivity contribution >= 4 is 40.3 Å². The predicted molar refractivity (Wildman–Crippen MR) is 86.0 cm³/mol. The van der Waals surface area contributed by atoms with Crippen LogP contribution < -0.4 is 4.90 Å². The minimum Gasteiger partial charge on any atom is -0.338 e. The zero-order chi connectivity index (χ0) is 15.7. The smallest absolute Gasteiger partial charge is 0.234 e. The monoisotopic (exact) mass is 336 g/mol. The number of rotatable bonds is 3. The van der Waals surface area contributed by atoms with Crippen LogP contribution >= 0.6 is 23.4 Å². The van der Waals surface area contributed by atoms with Crippen molar-refractivity contribution in [2.45, 2.75) is 18.6 Å². The molecule has 0 aliphatic carbocycles. The van der Waals surface area contributed by atoms with Crippen molar-refractivity contribution in [2.24, 2.45) is 0 Å². The molecule has 1 atom stereocenters. The number of halogens is 1. The van der Waals surface area contributed by atoms with Crippen LogP contribution in [0.4, 0.5) is 5.88 Å². The first-order chi connectivity index (χ1) is 10.5. The zero-order valence-corrected chi connectivity index (χ0v) is 13.4. The molecule has 3 rings (SSSR count). The third kappa shape index (κ3) is 3.18. The van der Waals surface area contributed by atoms with Gasteiger partial charge in [0.2, 0.25) is 11.8 Å². The highest BCUT2D eigenvalue weighted by atomic mass is 35.5. The Bertz CT molecular complexity index is 714. The van der Waals surface area contributed by atoms with Gasteiger partial charge in [-0.3, -0.25) is 14.5 Å². The molecule has 0 N–H and O–H groups in total. The summed E-state index contributed by atoms with van der Waals surface area (Å²) in [5.74, 6) is 0.346. The highest BCUT2D eigenvalue weighted by molar-refractivity contribution is 8.14. The number of benzene rings is 1. The molecule has 5 nitrogen and oxygen atoms in total. The summed E-state index contributed by atoms with van der Waals surface area (Å²) in [7, 11) is 0. The lowest BCUT2D eigenvalue weighted by Crippen LogP contribution is -2.24. The SMILES string of the molecule is CC(=O)SC1CC(=O)N(c2cc(-c3ccc(Cl)cc3)no2)C1. The van der Waals surface area contributed by atoms with Crippen LogP contribution in [0.3, 0.4) is 0 Å². The summed E-state index contributed by atoms with van der Waals surface area (Å²) < 4.78 is 5.28. The van der Waals surface area contributed by atoms with Crippen molar-refractivity contribution < 1.29 is 14.1 Å². The fourth-order valence-electron chi connectivity index (χ4n) is 2.35. The first-order valence-corrected chi connectivity index (χ1v) is 7.99. The van der Waals surface area contributed by atoms with Crippen LogP contribution in [0, 0.1) is 0 Å². The Balaban J connectivity index is 1.77. The largest absolute Gasteiger partial charge is 0.338 e. The summed E-state index contributed by atoms with van der Waals surface area (Å²) in [5.41, 5.74) is 1.50. The molecule has 1 aliphatic rings. The minimum absolute atomic E-state index is 0.0130. The Morgan fingerprint density at radius 3 is 2.82 bits per heavy atom. The molecule has 1 fully saturated rings. The molecule has 114 valence electrons. The van der Waals surface area contributed by atoms with Gasteiger partial charge in [0, 0.05) is 41.8 Å². The lowest BCUT2D eigenvalue weighted by Gasteiger charge is -2.10. The van der Waals surface area contributed by atoms with Crippen LogP contribution in [0.1, 0.15) is 13.3 Å². The lowest BCUT2D eigenvalue weighted by atomic mass is 10.1. The summed E-state index contributed by atoms with van der Waals surface area (Å²) in [6, 6.07) is 8.94. The van der Waals surface area contributed by atoms with Gasteiger partial charge in [-0.2, -0.15) is 0 Å². The van der Waals surface area contributed by atoms with Crippen molar-refractivity contribution in [3.8, 4) is 11.3 Å². The third-order valence-electron chi connectivity index (χ3n) is 3.33. The Morgan fingerprint density at radius 1 is 1.41 bits per heavy atom. The third-order valence-corrected chi connectivity index (χ3v) is 4.56. The van der Waals surface area contributed by atoms with E-state index < -0.39 is 0 Å². The van der Waals surface area contributed by atoms with Gasteiger partial charge in [-0.1, -0.05) is 40.7 Å². The maximum Gasteiger partial charge on any atom is 0.234 e. The number of anilines is 1. The first kappa shape index (κ1) is 15.1. The number of aromatic nitrogens is 1. The molecule has 0 spiro atoms. The maximum absolute atomic E-state index is 12.1. The molecule has 1 aliphatic heterocycles. The molecule has 1 unspecified atom stereocenters. The molecule has 0 saturated carbocycles. The molecule has 1 amide bonds. The van der Waals surface area contributed by atoms with Gasteiger partial charge in [-0.15, -0.1) is 0 Å². The fraction of sp³-hybridized carbons (Fsp3) is 0.267. The maximum atomic E-state index is 12.1. The van der Waals surface area contributed by atoms with Gasteiger partial charge in [0.05, 0.1) is 0 Å². The van der Waals surface area contributed by atoms with Crippen molar-refractivity contribution in [1.82, 2.24) is 5.16 Å². The summed E-state index contributed by atoms with van der Waals surface area (Å²) in [6.07, 6.45) is 0.335. The predicted octanol–water partition coefficient (Wildman–Crippen LogP) is 3.38. The number of hydrogen-bond donors (Lipinski definition) is 0. The van der Waals surface area contributed by atoms with Gasteiger partial charge in [0.1, 0.15) is 5.69 Å². The highest BCUT2D eigenvalue weighted by Crippen LogP contribution is 2.31. The molecule has 1 aromatic carbocycles. The number of thioether (sulfide) groups is 1. The van der Waals surface area contributed by atoms with Crippen molar-refractivity contribution in [3.63, 3.8) is 0 Å². The lowest BCUT2D eigenvalue weighted by molar-refractivity contribution is -0.117. The van der Waals surface area contributed by atoms with Gasteiger partial charge < -0.3 is 4.52 Å². The summed E-state index contributed by atoms with van der Waals surface area (Å²) in [6.45, 7) is 1.96. The molecule has 1 aromatic heterocycles. The van der Waals surface area contributed by atoms with E-state index in [9.17, 15) is 9.59 Å². The van der Waals surface area contributed by atoms with Crippen LogP contribution in [0.5, 0.6) is 0 Å². The molecular formula is C15H13ClN2O3S. The molecule has 2 aromatic rings. The van der Waals surface area contributed by atoms with Gasteiger partial charge in [0.25, 0.3) is 0 Å². The van der Waals surface area contributed by atoms with Crippen molar-refractivity contribution in [1.29, 1.82) is 0 Å². The summed E-state index contributed by atoms with van der Waals surface area (Å²) in [4.78, 5) is 24.7. The normalized spacial score (nSPS) is 18.0. The van der Waals surface area contributed by atoms with Crippen molar-refractivity contribution in [2.75, 3.05) is 11.4 Å². The van der Waals surface area contributed by atoms with Gasteiger partial charge in [-0.05, 0) is 12.1 Å². The molecule has 0 radical (unpaired) electrons. The van der Waals surface area contributed by atoms with E-state index in [0.29, 0.717) is 29.6 Å². The van der Waals surface area contributed by atoms with E-state index in [1.54, 1.807) is 18.2 Å². The molecular weight excluding hydrogens is 324 g/mol. The quantitative estimate of drug-likeness (QED) is 0.859. The second-order valence-electron chi connectivity index (χ2n) is 5.00. The number of amides is 1. The molecule has 7 heteroatoms. The zero-order valence-electron chi connectivity index (χ0n) is 11.8. The van der Waals surface area contributed by atoms with Gasteiger partial charge >= 0.3 is 0 Å². The Hall–Kier alpha value is -1.79. The molecule has 1 saturated heterocycles. The van der Waals surface area contributed by atoms with E-state index in [0.717, 1.165) is 5.56 Å². The van der Waals surface area contributed by atoms with E-state index in [2.05, 4.69) is 5.16 Å². The second kappa shape index (κ2) is 6.14. The van der Waals surface area contributed by atoms with E-state index in [4.69, 9.17) is 16.1 Å². The summed E-state index contributed by atoms with van der Waals surface area (Å²) >= 11 is 7.05. The van der Waals surface area contributed by atoms with Crippen LogP contribution in [-0.4, -0.2) is 28.0 Å². The molecule has 0 bridgehead atoms.